The van der Waals surface area contributed by atoms with E-state index in [1.54, 1.807) is 16.7 Å². The van der Waals surface area contributed by atoms with E-state index >= 15 is 0 Å². The van der Waals surface area contributed by atoms with E-state index in [4.69, 9.17) is 9.88 Å². The number of halogens is 1. The Morgan fingerprint density at radius 1 is 1.24 bits per heavy atom. The van der Waals surface area contributed by atoms with E-state index in [9.17, 15) is 17.6 Å². The molecular weight excluding hydrogens is 353 g/mol. The molecule has 1 aromatic carbocycles. The van der Waals surface area contributed by atoms with E-state index in [0.29, 0.717) is 16.9 Å². The number of carbonyl (C=O) groups excluding carboxylic acids is 1. The number of primary sulfonamides is 1. The van der Waals surface area contributed by atoms with E-state index in [-0.39, 0.29) is 5.75 Å². The van der Waals surface area contributed by atoms with Gasteiger partial charge in [-0.1, -0.05) is 0 Å². The molecule has 130 valence electrons. The van der Waals surface area contributed by atoms with Crippen LogP contribution in [-0.4, -0.2) is 31.1 Å². The van der Waals surface area contributed by atoms with Crippen molar-refractivity contribution >= 4 is 21.8 Å². The number of methoxy groups -OCH3 is 1. The van der Waals surface area contributed by atoms with Crippen LogP contribution < -0.4 is 9.88 Å². The average molecular weight is 365 g/mol. The number of fused-ring (bicyclic) bond motifs is 1. The molecule has 0 aliphatic carbocycles. The molecule has 0 unspecified atom stereocenters. The van der Waals surface area contributed by atoms with Crippen LogP contribution in [0, 0.1) is 5.82 Å². The number of imidazole rings is 1. The third-order valence-corrected chi connectivity index (χ3v) is 4.25. The number of pyridine rings is 1. The zero-order valence-electron chi connectivity index (χ0n) is 12.8. The molecule has 2 N–H and O–H groups in total. The Morgan fingerprint density at radius 3 is 2.68 bits per heavy atom. The van der Waals surface area contributed by atoms with Gasteiger partial charge >= 0.3 is 6.16 Å². The Labute approximate surface area is 141 Å². The van der Waals surface area contributed by atoms with Crippen LogP contribution in [0.1, 0.15) is 0 Å². The van der Waals surface area contributed by atoms with Crippen LogP contribution in [0.25, 0.3) is 16.9 Å². The molecule has 0 atom stereocenters. The summed E-state index contributed by atoms with van der Waals surface area (Å²) in [7, 11) is -3.01. The maximum Gasteiger partial charge on any atom is 0.513 e. The first kappa shape index (κ1) is 16.9. The van der Waals surface area contributed by atoms with Gasteiger partial charge in [-0.25, -0.2) is 27.7 Å². The van der Waals surface area contributed by atoms with Crippen LogP contribution in [-0.2, 0) is 14.8 Å². The van der Waals surface area contributed by atoms with Gasteiger partial charge in [-0.05, 0) is 30.3 Å². The number of hydrogen-bond donors (Lipinski definition) is 1. The van der Waals surface area contributed by atoms with Crippen molar-refractivity contribution in [3.63, 3.8) is 0 Å². The molecule has 25 heavy (non-hydrogen) atoms. The van der Waals surface area contributed by atoms with E-state index in [0.717, 1.165) is 12.1 Å². The van der Waals surface area contributed by atoms with Gasteiger partial charge in [-0.15, -0.1) is 0 Å². The number of carbonyl (C=O) groups is 1. The lowest BCUT2D eigenvalue weighted by molar-refractivity contribution is 0.121. The van der Waals surface area contributed by atoms with Gasteiger partial charge in [0.1, 0.15) is 16.4 Å². The highest BCUT2D eigenvalue weighted by atomic mass is 32.2. The maximum atomic E-state index is 13.6. The highest BCUT2D eigenvalue weighted by Gasteiger charge is 2.16. The minimum atomic E-state index is -4.20. The van der Waals surface area contributed by atoms with Crippen molar-refractivity contribution in [1.29, 1.82) is 0 Å². The van der Waals surface area contributed by atoms with Crippen LogP contribution >= 0.6 is 0 Å². The normalized spacial score (nSPS) is 11.5. The number of nitrogens with two attached hydrogens (primary N) is 1. The van der Waals surface area contributed by atoms with Gasteiger partial charge in [0.2, 0.25) is 10.0 Å². The molecule has 2 aromatic heterocycles. The molecule has 0 amide bonds. The quantitative estimate of drug-likeness (QED) is 0.710. The van der Waals surface area contributed by atoms with E-state index in [1.165, 1.54) is 25.4 Å². The molecule has 10 heteroatoms. The predicted octanol–water partition coefficient (Wildman–Crippen LogP) is 1.93. The third kappa shape index (κ3) is 3.44. The molecular formula is C15H12FN3O5S. The second kappa shape index (κ2) is 6.15. The van der Waals surface area contributed by atoms with Crippen molar-refractivity contribution in [3.05, 3.63) is 48.5 Å². The Hall–Kier alpha value is -2.98. The minimum Gasteiger partial charge on any atom is -0.437 e. The molecule has 0 saturated heterocycles. The van der Waals surface area contributed by atoms with Gasteiger partial charge in [-0.3, -0.25) is 0 Å². The lowest BCUT2D eigenvalue weighted by Gasteiger charge is -2.02. The first-order valence-electron chi connectivity index (χ1n) is 6.85. The molecule has 0 aliphatic heterocycles. The summed E-state index contributed by atoms with van der Waals surface area (Å²) in [5.74, 6) is -0.712. The summed E-state index contributed by atoms with van der Waals surface area (Å²) in [6, 6.07) is 6.61. The monoisotopic (exact) mass is 365 g/mol. The summed E-state index contributed by atoms with van der Waals surface area (Å²) in [6.45, 7) is 0. The smallest absolute Gasteiger partial charge is 0.437 e. The second-order valence-corrected chi connectivity index (χ2v) is 6.53. The van der Waals surface area contributed by atoms with Gasteiger partial charge < -0.3 is 13.9 Å². The number of ether oxygens (including phenoxy) is 2. The zero-order valence-corrected chi connectivity index (χ0v) is 13.7. The Kier molecular flexibility index (Phi) is 4.15. The van der Waals surface area contributed by atoms with Crippen LogP contribution in [0.2, 0.25) is 0 Å². The van der Waals surface area contributed by atoms with Gasteiger partial charge in [0.15, 0.2) is 5.75 Å². The lowest BCUT2D eigenvalue weighted by atomic mass is 10.2. The summed E-state index contributed by atoms with van der Waals surface area (Å²) >= 11 is 0. The van der Waals surface area contributed by atoms with Crippen LogP contribution in [0.3, 0.4) is 0 Å². The van der Waals surface area contributed by atoms with E-state index in [2.05, 4.69) is 9.72 Å². The zero-order chi connectivity index (χ0) is 18.2. The third-order valence-electron chi connectivity index (χ3n) is 3.33. The predicted molar refractivity (Wildman–Crippen MR) is 85.0 cm³/mol. The fourth-order valence-corrected chi connectivity index (χ4v) is 2.82. The summed E-state index contributed by atoms with van der Waals surface area (Å²) < 4.78 is 47.4. The van der Waals surface area contributed by atoms with Crippen molar-refractivity contribution in [3.8, 4) is 17.0 Å². The van der Waals surface area contributed by atoms with Crippen molar-refractivity contribution in [2.24, 2.45) is 5.14 Å². The standard InChI is InChI=1S/C15H12FN3O5S/c1-23-15(20)24-10-3-5-14-18-12(8-19(14)7-10)9-2-4-11(16)13(6-9)25(17,21)22/h2-8H,1H3,(H2,17,21,22). The molecule has 0 spiro atoms. The summed E-state index contributed by atoms with van der Waals surface area (Å²) in [5, 5.41) is 5.01. The van der Waals surface area contributed by atoms with Crippen LogP contribution in [0.15, 0.2) is 47.6 Å². The van der Waals surface area contributed by atoms with Crippen molar-refractivity contribution < 1.29 is 27.1 Å². The molecule has 0 radical (unpaired) electrons. The van der Waals surface area contributed by atoms with E-state index < -0.39 is 26.9 Å². The number of nitrogens with zero attached hydrogens (tertiary/aromatic N) is 2. The number of aromatic nitrogens is 2. The van der Waals surface area contributed by atoms with Crippen molar-refractivity contribution in [2.75, 3.05) is 7.11 Å². The Balaban J connectivity index is 2.04. The fraction of sp³-hybridized carbons (Fsp3) is 0.0667. The van der Waals surface area contributed by atoms with Gasteiger partial charge in [0.05, 0.1) is 19.0 Å². The number of benzene rings is 1. The number of rotatable bonds is 3. The molecule has 8 nitrogen and oxygen atoms in total. The Morgan fingerprint density at radius 2 is 2.00 bits per heavy atom. The van der Waals surface area contributed by atoms with Crippen molar-refractivity contribution in [2.45, 2.75) is 4.90 Å². The SMILES string of the molecule is COC(=O)Oc1ccc2nc(-c3ccc(F)c(S(N)(=O)=O)c3)cn2c1. The number of sulfonamides is 1. The van der Waals surface area contributed by atoms with Gasteiger partial charge in [0, 0.05) is 11.8 Å². The first-order chi connectivity index (χ1) is 11.8. The fourth-order valence-electron chi connectivity index (χ4n) is 2.19. The second-order valence-electron chi connectivity index (χ2n) is 5.00. The molecule has 0 fully saturated rings. The average Bonchev–Trinajstić information content (AvgIpc) is 2.97. The van der Waals surface area contributed by atoms with Crippen molar-refractivity contribution in [1.82, 2.24) is 9.38 Å². The molecule has 0 bridgehead atoms. The first-order valence-corrected chi connectivity index (χ1v) is 8.40. The lowest BCUT2D eigenvalue weighted by Crippen LogP contribution is -2.14. The minimum absolute atomic E-state index is 0.229. The molecule has 3 aromatic rings. The topological polar surface area (TPSA) is 113 Å². The Bertz CT molecular complexity index is 1080. The highest BCUT2D eigenvalue weighted by molar-refractivity contribution is 7.89. The van der Waals surface area contributed by atoms with Gasteiger partial charge in [-0.2, -0.15) is 0 Å². The molecule has 3 rings (SSSR count). The van der Waals surface area contributed by atoms with Crippen LogP contribution in [0.5, 0.6) is 5.75 Å². The number of hydrogen-bond acceptors (Lipinski definition) is 6. The largest absolute Gasteiger partial charge is 0.513 e. The summed E-state index contributed by atoms with van der Waals surface area (Å²) in [6.07, 6.45) is 2.20. The van der Waals surface area contributed by atoms with Gasteiger partial charge in [0.25, 0.3) is 0 Å². The summed E-state index contributed by atoms with van der Waals surface area (Å²) in [5.41, 5.74) is 1.26. The highest BCUT2D eigenvalue weighted by Crippen LogP contribution is 2.25. The maximum absolute atomic E-state index is 13.6. The molecule has 0 saturated carbocycles. The van der Waals surface area contributed by atoms with Crippen LogP contribution in [0.4, 0.5) is 9.18 Å². The van der Waals surface area contributed by atoms with E-state index in [1.807, 2.05) is 0 Å². The summed E-state index contributed by atoms with van der Waals surface area (Å²) in [4.78, 5) is 14.8. The molecule has 0 aliphatic rings. The molecule has 2 heterocycles.